The number of hydrogen-bond acceptors (Lipinski definition) is 4. The topological polar surface area (TPSA) is 31.4 Å². The molecular formula is C15H26N4. The third-order valence-electron chi connectivity index (χ3n) is 3.70. The fourth-order valence-electron chi connectivity index (χ4n) is 2.54. The maximum Gasteiger partial charge on any atom is 0.126 e. The van der Waals surface area contributed by atoms with Gasteiger partial charge in [0.25, 0.3) is 0 Å². The third kappa shape index (κ3) is 4.18. The summed E-state index contributed by atoms with van der Waals surface area (Å²) in [6, 6.07) is 6.88. The largest absolute Gasteiger partial charge is 0.370 e. The average Bonchev–Trinajstić information content (AvgIpc) is 2.40. The summed E-state index contributed by atoms with van der Waals surface area (Å²) in [7, 11) is 2.20. The van der Waals surface area contributed by atoms with Gasteiger partial charge in [0.1, 0.15) is 5.82 Å². The van der Waals surface area contributed by atoms with Crippen LogP contribution in [0.3, 0.4) is 0 Å². The van der Waals surface area contributed by atoms with Gasteiger partial charge >= 0.3 is 0 Å². The molecule has 1 N–H and O–H groups in total. The van der Waals surface area contributed by atoms with E-state index in [2.05, 4.69) is 48.1 Å². The van der Waals surface area contributed by atoms with Crippen LogP contribution in [0.4, 0.5) is 5.82 Å². The maximum absolute atomic E-state index is 4.69. The number of piperazine rings is 1. The minimum absolute atomic E-state index is 0.604. The van der Waals surface area contributed by atoms with Crippen LogP contribution in [0.2, 0.25) is 0 Å². The Kier molecular flexibility index (Phi) is 5.16. The number of hydrogen-bond donors (Lipinski definition) is 1. The van der Waals surface area contributed by atoms with E-state index in [9.17, 15) is 0 Å². The lowest BCUT2D eigenvalue weighted by molar-refractivity contribution is 0.0927. The molecule has 19 heavy (non-hydrogen) atoms. The summed E-state index contributed by atoms with van der Waals surface area (Å²) in [4.78, 5) is 9.61. The number of nitrogens with zero attached hydrogens (tertiary/aromatic N) is 3. The molecule has 1 saturated heterocycles. The van der Waals surface area contributed by atoms with Gasteiger partial charge in [-0.05, 0) is 32.5 Å². The van der Waals surface area contributed by atoms with Gasteiger partial charge in [0.2, 0.25) is 0 Å². The highest BCUT2D eigenvalue weighted by Crippen LogP contribution is 2.13. The van der Waals surface area contributed by atoms with Crippen molar-refractivity contribution in [3.63, 3.8) is 0 Å². The van der Waals surface area contributed by atoms with Crippen molar-refractivity contribution in [3.8, 4) is 0 Å². The first kappa shape index (κ1) is 14.3. The molecule has 2 heterocycles. The molecule has 1 unspecified atom stereocenters. The minimum atomic E-state index is 0.604. The lowest BCUT2D eigenvalue weighted by atomic mass is 10.2. The van der Waals surface area contributed by atoms with E-state index < -0.39 is 0 Å². The number of nitrogens with one attached hydrogen (secondary N) is 1. The lowest BCUT2D eigenvalue weighted by Crippen LogP contribution is -2.49. The van der Waals surface area contributed by atoms with Gasteiger partial charge in [0, 0.05) is 38.8 Å². The molecule has 4 nitrogen and oxygen atoms in total. The van der Waals surface area contributed by atoms with Crippen LogP contribution in [-0.4, -0.2) is 54.1 Å². The van der Waals surface area contributed by atoms with Crippen molar-refractivity contribution >= 4 is 5.82 Å². The zero-order valence-electron chi connectivity index (χ0n) is 12.4. The Morgan fingerprint density at radius 3 is 2.95 bits per heavy atom. The summed E-state index contributed by atoms with van der Waals surface area (Å²) in [5.41, 5.74) is 1.16. The fraction of sp³-hybridized carbons (Fsp3) is 0.667. The van der Waals surface area contributed by atoms with E-state index >= 15 is 0 Å². The zero-order valence-corrected chi connectivity index (χ0v) is 12.4. The molecule has 0 amide bonds. The highest BCUT2D eigenvalue weighted by Gasteiger charge is 2.21. The summed E-state index contributed by atoms with van der Waals surface area (Å²) in [6.45, 7) is 9.84. The van der Waals surface area contributed by atoms with Crippen LogP contribution in [0.25, 0.3) is 0 Å². The molecule has 0 bridgehead atoms. The molecule has 1 aromatic rings. The molecule has 106 valence electrons. The van der Waals surface area contributed by atoms with Gasteiger partial charge < -0.3 is 10.2 Å². The predicted molar refractivity (Wildman–Crippen MR) is 80.4 cm³/mol. The molecule has 0 saturated carbocycles. The van der Waals surface area contributed by atoms with Gasteiger partial charge in [0.15, 0.2) is 0 Å². The maximum atomic E-state index is 4.69. The van der Waals surface area contributed by atoms with Gasteiger partial charge in [-0.25, -0.2) is 4.98 Å². The molecule has 1 aliphatic rings. The summed E-state index contributed by atoms with van der Waals surface area (Å²) < 4.78 is 0. The molecule has 0 aliphatic carbocycles. The summed E-state index contributed by atoms with van der Waals surface area (Å²) >= 11 is 0. The Bertz CT molecular complexity index is 393. The van der Waals surface area contributed by atoms with Crippen molar-refractivity contribution in [1.29, 1.82) is 0 Å². The number of rotatable bonds is 5. The van der Waals surface area contributed by atoms with Crippen molar-refractivity contribution < 1.29 is 0 Å². The standard InChI is InChI=1S/C15H26N4/c1-4-8-16-15-7-5-6-14(17-15)12-19-10-9-18(3)11-13(19)2/h5-7,13H,4,8-12H2,1-3H3,(H,16,17). The first-order valence-electron chi connectivity index (χ1n) is 7.31. The van der Waals surface area contributed by atoms with E-state index in [-0.39, 0.29) is 0 Å². The highest BCUT2D eigenvalue weighted by molar-refractivity contribution is 5.35. The molecule has 0 spiro atoms. The Hall–Kier alpha value is -1.13. The smallest absolute Gasteiger partial charge is 0.126 e. The van der Waals surface area contributed by atoms with Crippen LogP contribution in [0.15, 0.2) is 18.2 Å². The first-order chi connectivity index (χ1) is 9.19. The molecule has 1 aromatic heterocycles. The average molecular weight is 262 g/mol. The molecule has 1 fully saturated rings. The second kappa shape index (κ2) is 6.87. The van der Waals surface area contributed by atoms with Crippen LogP contribution in [0, 0.1) is 0 Å². The monoisotopic (exact) mass is 262 g/mol. The molecule has 4 heteroatoms. The first-order valence-corrected chi connectivity index (χ1v) is 7.31. The number of likely N-dealkylation sites (N-methyl/N-ethyl adjacent to an activating group) is 1. The molecule has 2 rings (SSSR count). The van der Waals surface area contributed by atoms with Crippen LogP contribution in [0.1, 0.15) is 26.0 Å². The van der Waals surface area contributed by atoms with Gasteiger partial charge in [0.05, 0.1) is 5.69 Å². The van der Waals surface area contributed by atoms with Crippen molar-refractivity contribution in [2.45, 2.75) is 32.9 Å². The number of aromatic nitrogens is 1. The van der Waals surface area contributed by atoms with Crippen molar-refractivity contribution in [3.05, 3.63) is 23.9 Å². The van der Waals surface area contributed by atoms with E-state index in [1.165, 1.54) is 0 Å². The lowest BCUT2D eigenvalue weighted by Gasteiger charge is -2.38. The van der Waals surface area contributed by atoms with E-state index in [0.29, 0.717) is 6.04 Å². The summed E-state index contributed by atoms with van der Waals surface area (Å²) in [6.07, 6.45) is 1.13. The van der Waals surface area contributed by atoms with Crippen molar-refractivity contribution in [2.24, 2.45) is 0 Å². The molecule has 1 aliphatic heterocycles. The van der Waals surface area contributed by atoms with Crippen LogP contribution in [-0.2, 0) is 6.54 Å². The summed E-state index contributed by atoms with van der Waals surface area (Å²) in [5.74, 6) is 1.00. The van der Waals surface area contributed by atoms with Gasteiger partial charge in [-0.3, -0.25) is 4.90 Å². The molecular weight excluding hydrogens is 236 g/mol. The molecule has 0 aromatic carbocycles. The third-order valence-corrected chi connectivity index (χ3v) is 3.70. The molecule has 0 radical (unpaired) electrons. The quantitative estimate of drug-likeness (QED) is 0.880. The number of anilines is 1. The van der Waals surface area contributed by atoms with Gasteiger partial charge in [-0.15, -0.1) is 0 Å². The second-order valence-electron chi connectivity index (χ2n) is 5.52. The van der Waals surface area contributed by atoms with E-state index in [1.54, 1.807) is 0 Å². The van der Waals surface area contributed by atoms with Gasteiger partial charge in [-0.2, -0.15) is 0 Å². The van der Waals surface area contributed by atoms with Crippen molar-refractivity contribution in [2.75, 3.05) is 38.5 Å². The van der Waals surface area contributed by atoms with Crippen LogP contribution >= 0.6 is 0 Å². The second-order valence-corrected chi connectivity index (χ2v) is 5.52. The van der Waals surface area contributed by atoms with E-state index in [1.807, 2.05) is 6.07 Å². The normalized spacial score (nSPS) is 21.5. The Morgan fingerprint density at radius 1 is 1.37 bits per heavy atom. The van der Waals surface area contributed by atoms with Gasteiger partial charge in [-0.1, -0.05) is 13.0 Å². The van der Waals surface area contributed by atoms with E-state index in [0.717, 1.165) is 50.7 Å². The predicted octanol–water partition coefficient (Wildman–Crippen LogP) is 2.04. The molecule has 1 atom stereocenters. The fourth-order valence-corrected chi connectivity index (χ4v) is 2.54. The summed E-state index contributed by atoms with van der Waals surface area (Å²) in [5, 5.41) is 3.35. The Balaban J connectivity index is 1.94. The van der Waals surface area contributed by atoms with E-state index in [4.69, 9.17) is 4.98 Å². The SMILES string of the molecule is CCCNc1cccc(CN2CCN(C)CC2C)n1. The van der Waals surface area contributed by atoms with Crippen molar-refractivity contribution in [1.82, 2.24) is 14.8 Å². The van der Waals surface area contributed by atoms with Crippen LogP contribution < -0.4 is 5.32 Å². The van der Waals surface area contributed by atoms with Crippen LogP contribution in [0.5, 0.6) is 0 Å². The number of pyridine rings is 1. The Labute approximate surface area is 116 Å². The Morgan fingerprint density at radius 2 is 2.21 bits per heavy atom. The highest BCUT2D eigenvalue weighted by atomic mass is 15.3. The zero-order chi connectivity index (χ0) is 13.7. The minimum Gasteiger partial charge on any atom is -0.370 e.